The molecule has 334 valence electrons. The van der Waals surface area contributed by atoms with Gasteiger partial charge in [0.05, 0.1) is 34.0 Å². The first-order valence-electron chi connectivity index (χ1n) is 21.7. The van der Waals surface area contributed by atoms with Crippen molar-refractivity contribution in [2.24, 2.45) is 14.1 Å². The molecule has 0 aliphatic heterocycles. The number of methoxy groups -OCH3 is 4. The van der Waals surface area contributed by atoms with Crippen LogP contribution in [-0.4, -0.2) is 52.6 Å². The summed E-state index contributed by atoms with van der Waals surface area (Å²) >= 11 is 0. The van der Waals surface area contributed by atoms with Crippen LogP contribution in [0.15, 0.2) is 155 Å². The van der Waals surface area contributed by atoms with E-state index in [2.05, 4.69) is 74.1 Å². The van der Waals surface area contributed by atoms with E-state index < -0.39 is 0 Å². The molecule has 3 aromatic heterocycles. The van der Waals surface area contributed by atoms with E-state index in [0.717, 1.165) is 85.8 Å². The summed E-state index contributed by atoms with van der Waals surface area (Å²) in [5, 5.41) is 6.40. The van der Waals surface area contributed by atoms with Gasteiger partial charge in [0.25, 0.3) is 17.4 Å². The number of ether oxygens (including phenoxy) is 4. The molecular weight excluding hydrogens is 829 g/mol. The molecule has 0 atom stereocenters. The number of aryl methyl sites for hydroxylation is 2. The molecule has 0 aliphatic carbocycles. The van der Waals surface area contributed by atoms with E-state index in [-0.39, 0.29) is 5.56 Å². The number of benzene rings is 6. The summed E-state index contributed by atoms with van der Waals surface area (Å²) in [6.45, 7) is 3.28. The zero-order valence-corrected chi connectivity index (χ0v) is 38.0. The van der Waals surface area contributed by atoms with E-state index in [0.29, 0.717) is 37.0 Å². The van der Waals surface area contributed by atoms with Gasteiger partial charge in [0.15, 0.2) is 0 Å². The van der Waals surface area contributed by atoms with E-state index in [1.807, 2.05) is 105 Å². The maximum atomic E-state index is 14.1. The Morgan fingerprint density at radius 3 is 1.38 bits per heavy atom. The van der Waals surface area contributed by atoms with Gasteiger partial charge < -0.3 is 32.9 Å². The van der Waals surface area contributed by atoms with Gasteiger partial charge in [-0.25, -0.2) is 0 Å². The molecule has 12 heteroatoms. The summed E-state index contributed by atoms with van der Waals surface area (Å²) in [7, 11) is 10.5. The largest absolute Gasteiger partial charge is 0.497 e. The Kier molecular flexibility index (Phi) is 12.6. The molecule has 0 radical (unpaired) electrons. The standard InChI is InChI=1S/C54H52N6O6/c1-57-50-28-19-42(51-55-54(56-66-51)60(34-39-13-24-45(64-5)25-14-39)35-40-15-26-46(65-6)27-16-40)29-48(50)49-30-47(53(61)58(2)52(49)57)41-17-7-36(8-18-41)31-59(32-37-9-20-43(62-3)21-10-37)33-38-11-22-44(63-4)23-12-38/h7-30H,31-35H2,1-6H3. The molecule has 0 N–H and O–H groups in total. The third-order valence-corrected chi connectivity index (χ3v) is 12.2. The van der Waals surface area contributed by atoms with Gasteiger partial charge >= 0.3 is 0 Å². The van der Waals surface area contributed by atoms with E-state index in [4.69, 9.17) is 28.5 Å². The molecule has 0 bridgehead atoms. The Bertz CT molecular complexity index is 3040. The highest BCUT2D eigenvalue weighted by molar-refractivity contribution is 6.09. The van der Waals surface area contributed by atoms with Gasteiger partial charge in [-0.05, 0) is 111 Å². The molecule has 0 saturated heterocycles. The Morgan fingerprint density at radius 2 is 0.924 bits per heavy atom. The lowest BCUT2D eigenvalue weighted by Crippen LogP contribution is -2.23. The Balaban J connectivity index is 1.00. The fraction of sp³-hybridized carbons (Fsp3) is 0.204. The van der Waals surface area contributed by atoms with E-state index in [1.54, 1.807) is 33.0 Å². The van der Waals surface area contributed by atoms with Crippen LogP contribution in [0.2, 0.25) is 0 Å². The lowest BCUT2D eigenvalue weighted by molar-refractivity contribution is 0.247. The van der Waals surface area contributed by atoms with Gasteiger partial charge in [0.2, 0.25) is 0 Å². The third kappa shape index (κ3) is 9.22. The summed E-state index contributed by atoms with van der Waals surface area (Å²) in [5.41, 5.74) is 9.62. The van der Waals surface area contributed by atoms with E-state index in [1.165, 1.54) is 11.1 Å². The fourth-order valence-electron chi connectivity index (χ4n) is 8.59. The van der Waals surface area contributed by atoms with Crippen LogP contribution >= 0.6 is 0 Å². The Morgan fingerprint density at radius 1 is 0.500 bits per heavy atom. The Hall–Kier alpha value is -7.83. The van der Waals surface area contributed by atoms with Crippen LogP contribution in [0.5, 0.6) is 23.0 Å². The molecule has 0 fully saturated rings. The zero-order valence-electron chi connectivity index (χ0n) is 38.0. The number of rotatable bonds is 17. The lowest BCUT2D eigenvalue weighted by Gasteiger charge is -2.23. The first kappa shape index (κ1) is 43.4. The van der Waals surface area contributed by atoms with Crippen molar-refractivity contribution in [2.45, 2.75) is 32.7 Å². The average Bonchev–Trinajstić information content (AvgIpc) is 3.96. The fourth-order valence-corrected chi connectivity index (χ4v) is 8.59. The number of nitrogens with zero attached hydrogens (tertiary/aromatic N) is 6. The third-order valence-electron chi connectivity index (χ3n) is 12.2. The van der Waals surface area contributed by atoms with Crippen LogP contribution in [0.4, 0.5) is 5.95 Å². The number of anilines is 1. The van der Waals surface area contributed by atoms with Crippen molar-refractivity contribution in [1.82, 2.24) is 24.2 Å². The van der Waals surface area contributed by atoms with Crippen molar-refractivity contribution in [2.75, 3.05) is 33.3 Å². The maximum absolute atomic E-state index is 14.1. The van der Waals surface area contributed by atoms with Gasteiger partial charge in [-0.2, -0.15) is 4.98 Å². The molecule has 0 amide bonds. The van der Waals surface area contributed by atoms with Crippen molar-refractivity contribution < 1.29 is 23.5 Å². The maximum Gasteiger partial charge on any atom is 0.266 e. The van der Waals surface area contributed by atoms with Crippen LogP contribution < -0.4 is 29.4 Å². The van der Waals surface area contributed by atoms with Crippen molar-refractivity contribution in [3.05, 3.63) is 184 Å². The normalized spacial score (nSPS) is 11.4. The highest BCUT2D eigenvalue weighted by Gasteiger charge is 2.21. The molecule has 12 nitrogen and oxygen atoms in total. The van der Waals surface area contributed by atoms with Gasteiger partial charge in [-0.3, -0.25) is 14.3 Å². The summed E-state index contributed by atoms with van der Waals surface area (Å²) < 4.78 is 31.4. The van der Waals surface area contributed by atoms with E-state index in [9.17, 15) is 4.79 Å². The second-order valence-electron chi connectivity index (χ2n) is 16.4. The monoisotopic (exact) mass is 880 g/mol. The van der Waals surface area contributed by atoms with Crippen molar-refractivity contribution in [1.29, 1.82) is 0 Å². The van der Waals surface area contributed by atoms with Crippen molar-refractivity contribution >= 4 is 27.9 Å². The topological polar surface area (TPSA) is 109 Å². The quantitative estimate of drug-likeness (QED) is 0.0877. The number of hydrogen-bond acceptors (Lipinski definition) is 10. The SMILES string of the molecule is COc1ccc(CN(Cc2ccc(OC)cc2)Cc2ccc(-c3cc4c5cc(-c6nc(N(Cc7ccc(OC)cc7)Cc7ccc(OC)cc7)no6)ccc5n(C)c4n(C)c3=O)cc2)cc1. The van der Waals surface area contributed by atoms with Crippen LogP contribution in [0, 0.1) is 0 Å². The van der Waals surface area contributed by atoms with Crippen LogP contribution in [-0.2, 0) is 46.8 Å². The van der Waals surface area contributed by atoms with Gasteiger partial charge in [-0.1, -0.05) is 72.8 Å². The van der Waals surface area contributed by atoms with Gasteiger partial charge in [-0.15, -0.1) is 0 Å². The summed E-state index contributed by atoms with van der Waals surface area (Å²) in [6.07, 6.45) is 0. The predicted molar refractivity (Wildman–Crippen MR) is 259 cm³/mol. The molecule has 9 aromatic rings. The molecule has 6 aromatic carbocycles. The van der Waals surface area contributed by atoms with Crippen LogP contribution in [0.1, 0.15) is 27.8 Å². The first-order valence-corrected chi connectivity index (χ1v) is 21.7. The minimum atomic E-state index is -0.0719. The Labute approximate surface area is 383 Å². The minimum absolute atomic E-state index is 0.0719. The lowest BCUT2D eigenvalue weighted by atomic mass is 10.0. The average molecular weight is 881 g/mol. The first-order chi connectivity index (χ1) is 32.2. The molecule has 0 aliphatic rings. The second kappa shape index (κ2) is 19.1. The van der Waals surface area contributed by atoms with E-state index >= 15 is 0 Å². The zero-order chi connectivity index (χ0) is 45.7. The minimum Gasteiger partial charge on any atom is -0.497 e. The highest BCUT2D eigenvalue weighted by Crippen LogP contribution is 2.34. The molecule has 0 spiro atoms. The van der Waals surface area contributed by atoms with Crippen molar-refractivity contribution in [3.63, 3.8) is 0 Å². The molecule has 66 heavy (non-hydrogen) atoms. The summed E-state index contributed by atoms with van der Waals surface area (Å²) in [6, 6.07) is 48.8. The second-order valence-corrected chi connectivity index (χ2v) is 16.4. The molecule has 0 unspecified atom stereocenters. The van der Waals surface area contributed by atoms with Crippen LogP contribution in [0.25, 0.3) is 44.5 Å². The van der Waals surface area contributed by atoms with Gasteiger partial charge in [0.1, 0.15) is 28.6 Å². The number of aromatic nitrogens is 4. The number of fused-ring (bicyclic) bond motifs is 3. The highest BCUT2D eigenvalue weighted by atomic mass is 16.5. The number of pyridine rings is 1. The van der Waals surface area contributed by atoms with Crippen molar-refractivity contribution in [3.8, 4) is 45.6 Å². The summed E-state index contributed by atoms with van der Waals surface area (Å²) in [5.74, 6) is 4.10. The summed E-state index contributed by atoms with van der Waals surface area (Å²) in [4.78, 5) is 23.6. The molecular formula is C54H52N6O6. The molecule has 0 saturated carbocycles. The number of hydrogen-bond donors (Lipinski definition) is 0. The smallest absolute Gasteiger partial charge is 0.266 e. The molecule has 3 heterocycles. The predicted octanol–water partition coefficient (Wildman–Crippen LogP) is 10.2. The van der Waals surface area contributed by atoms with Gasteiger partial charge in [0, 0.05) is 68.7 Å². The molecule has 9 rings (SSSR count). The van der Waals surface area contributed by atoms with Crippen LogP contribution in [0.3, 0.4) is 0 Å².